The molecule has 0 unspecified atom stereocenters. The Hall–Kier alpha value is -0.176. The van der Waals surface area contributed by atoms with Crippen molar-refractivity contribution in [3.8, 4) is 0 Å². The van der Waals surface area contributed by atoms with Gasteiger partial charge in [-0.3, -0.25) is 0 Å². The Morgan fingerprint density at radius 2 is 2.67 bits per heavy atom. The van der Waals surface area contributed by atoms with Gasteiger partial charge >= 0.3 is 65.2 Å². The summed E-state index contributed by atoms with van der Waals surface area (Å²) in [5.41, 5.74) is 5.79. The van der Waals surface area contributed by atoms with E-state index in [-0.39, 0.29) is 6.19 Å². The minimum absolute atomic E-state index is 0.167. The van der Waals surface area contributed by atoms with Crippen molar-refractivity contribution in [1.82, 2.24) is 0 Å². The molecule has 0 aliphatic carbocycles. The Labute approximate surface area is 65.8 Å². The molecule has 3 heteroatoms. The molecule has 0 aromatic rings. The zero-order valence-electron chi connectivity index (χ0n) is 6.39. The quantitative estimate of drug-likeness (QED) is 0.594. The van der Waals surface area contributed by atoms with Crippen LogP contribution in [0.2, 0.25) is 0 Å². The van der Waals surface area contributed by atoms with Gasteiger partial charge in [-0.15, -0.1) is 0 Å². The molecular formula is C6H10N2V. The normalized spacial score (nSPS) is 12.6. The first kappa shape index (κ1) is 6.94. The van der Waals surface area contributed by atoms with Gasteiger partial charge < -0.3 is 0 Å². The summed E-state index contributed by atoms with van der Waals surface area (Å²) in [6.45, 7) is 5.66. The molecule has 0 spiro atoms. The molecule has 0 amide bonds. The van der Waals surface area contributed by atoms with E-state index in [2.05, 4.69) is 28.6 Å². The van der Waals surface area contributed by atoms with E-state index in [9.17, 15) is 0 Å². The van der Waals surface area contributed by atoms with Crippen molar-refractivity contribution in [2.24, 2.45) is 10.7 Å². The predicted molar refractivity (Wildman–Crippen MR) is 37.4 cm³/mol. The average molecular weight is 162 g/mol. The first-order chi connectivity index (χ1) is 4.57. The molecule has 0 saturated carbocycles. The van der Waals surface area contributed by atoms with E-state index in [0.29, 0.717) is 12.1 Å². The van der Waals surface area contributed by atoms with E-state index < -0.39 is 0 Å². The fourth-order valence-corrected chi connectivity index (χ4v) is 0.284. The second kappa shape index (κ2) is 4.68. The summed E-state index contributed by atoms with van der Waals surface area (Å²) in [4.78, 5) is 3.84. The van der Waals surface area contributed by atoms with Gasteiger partial charge in [-0.05, 0) is 0 Å². The SMILES string of the molecule is [2H]C(=N[C](C)=[V])C(=C)CN. The maximum absolute atomic E-state index is 7.25. The van der Waals surface area contributed by atoms with E-state index in [1.165, 1.54) is 0 Å². The third kappa shape index (κ3) is 5.70. The summed E-state index contributed by atoms with van der Waals surface area (Å²) < 4.78 is 8.03. The van der Waals surface area contributed by atoms with Crippen LogP contribution in [0.1, 0.15) is 8.29 Å². The number of nitrogens with two attached hydrogens (primary N) is 1. The fraction of sp³-hybridized carbons (Fsp3) is 0.333. The van der Waals surface area contributed by atoms with Crippen LogP contribution in [-0.4, -0.2) is 17.1 Å². The van der Waals surface area contributed by atoms with Gasteiger partial charge in [0.15, 0.2) is 0 Å². The molecule has 0 rings (SSSR count). The number of hydrogen-bond acceptors (Lipinski definition) is 2. The molecular weight excluding hydrogens is 151 g/mol. The second-order valence-electron chi connectivity index (χ2n) is 1.58. The van der Waals surface area contributed by atoms with Gasteiger partial charge in [0.05, 0.1) is 0 Å². The van der Waals surface area contributed by atoms with Crippen molar-refractivity contribution < 1.29 is 18.3 Å². The maximum atomic E-state index is 7.25. The van der Waals surface area contributed by atoms with E-state index in [1.54, 1.807) is 6.92 Å². The van der Waals surface area contributed by atoms with Crippen LogP contribution in [0.5, 0.6) is 0 Å². The molecule has 0 heterocycles. The Morgan fingerprint density at radius 3 is 3.00 bits per heavy atom. The van der Waals surface area contributed by atoms with Crippen molar-refractivity contribution in [1.29, 1.82) is 0 Å². The molecule has 0 saturated heterocycles. The topological polar surface area (TPSA) is 38.4 Å². The molecule has 0 bridgehead atoms. The van der Waals surface area contributed by atoms with Crippen LogP contribution < -0.4 is 5.73 Å². The summed E-state index contributed by atoms with van der Waals surface area (Å²) >= 11 is 2.25. The molecule has 0 radical (unpaired) electrons. The molecule has 0 aliphatic rings. The van der Waals surface area contributed by atoms with Gasteiger partial charge in [0.1, 0.15) is 0 Å². The molecule has 0 atom stereocenters. The van der Waals surface area contributed by atoms with Gasteiger partial charge in [-0.25, -0.2) is 0 Å². The summed E-state index contributed by atoms with van der Waals surface area (Å²) in [7, 11) is 0. The van der Waals surface area contributed by atoms with Crippen molar-refractivity contribution in [2.45, 2.75) is 6.92 Å². The van der Waals surface area contributed by atoms with Crippen LogP contribution in [0.3, 0.4) is 0 Å². The second-order valence-corrected chi connectivity index (χ2v) is 2.59. The van der Waals surface area contributed by atoms with Crippen molar-refractivity contribution >= 4 is 10.5 Å². The van der Waals surface area contributed by atoms with Crippen LogP contribution in [0.25, 0.3) is 0 Å². The van der Waals surface area contributed by atoms with Crippen LogP contribution in [0.15, 0.2) is 17.1 Å². The standard InChI is InChI=1S/C6H10N2.V/c1-3-8-5-6(2)4-7;/h5H,2,4,7H2,1H3;/i5D;. The molecule has 0 aromatic heterocycles. The number of nitrogens with zero attached hydrogens (tertiary/aromatic N) is 1. The molecule has 2 N–H and O–H groups in total. The summed E-state index contributed by atoms with van der Waals surface area (Å²) in [6, 6.07) is 0. The van der Waals surface area contributed by atoms with Crippen molar-refractivity contribution in [2.75, 3.05) is 6.54 Å². The monoisotopic (exact) mass is 162 g/mol. The number of rotatable bonds is 3. The Bertz CT molecular complexity index is 186. The van der Waals surface area contributed by atoms with Gasteiger partial charge in [0, 0.05) is 0 Å². The van der Waals surface area contributed by atoms with E-state index in [0.717, 1.165) is 4.35 Å². The average Bonchev–Trinajstić information content (AvgIpc) is 1.85. The first-order valence-corrected chi connectivity index (χ1v) is 3.23. The third-order valence-electron chi connectivity index (χ3n) is 0.622. The van der Waals surface area contributed by atoms with E-state index in [4.69, 9.17) is 7.10 Å². The molecule has 9 heavy (non-hydrogen) atoms. The number of hydrogen-bond donors (Lipinski definition) is 1. The van der Waals surface area contributed by atoms with Gasteiger partial charge in [-0.1, -0.05) is 0 Å². The van der Waals surface area contributed by atoms with Gasteiger partial charge in [0.25, 0.3) is 0 Å². The van der Waals surface area contributed by atoms with Gasteiger partial charge in [-0.2, -0.15) is 0 Å². The summed E-state index contributed by atoms with van der Waals surface area (Å²) in [5.74, 6) is 0. The fourth-order valence-electron chi connectivity index (χ4n) is 0.206. The van der Waals surface area contributed by atoms with Crippen molar-refractivity contribution in [3.05, 3.63) is 12.2 Å². The third-order valence-corrected chi connectivity index (χ3v) is 0.778. The van der Waals surface area contributed by atoms with Crippen LogP contribution in [0.4, 0.5) is 0 Å². The zero-order valence-corrected chi connectivity index (χ0v) is 6.78. The first-order valence-electron chi connectivity index (χ1n) is 3.04. The summed E-state index contributed by atoms with van der Waals surface area (Å²) in [5, 5.41) is 0. The predicted octanol–water partition coefficient (Wildman–Crippen LogP) is 0.269. The zero-order chi connectivity index (χ0) is 8.15. The molecule has 49 valence electrons. The van der Waals surface area contributed by atoms with Crippen LogP contribution in [0, 0.1) is 0 Å². The molecule has 0 aromatic carbocycles. The molecule has 0 fully saturated rings. The Morgan fingerprint density at radius 1 is 2.11 bits per heavy atom. The molecule has 2 nitrogen and oxygen atoms in total. The summed E-state index contributed by atoms with van der Waals surface area (Å²) in [6.07, 6.45) is 0.167. The van der Waals surface area contributed by atoms with Crippen molar-refractivity contribution in [3.63, 3.8) is 0 Å². The Kier molecular flexibility index (Phi) is 3.61. The van der Waals surface area contributed by atoms with Gasteiger partial charge in [0.2, 0.25) is 0 Å². The van der Waals surface area contributed by atoms with E-state index >= 15 is 0 Å². The van der Waals surface area contributed by atoms with Crippen LogP contribution >= 0.6 is 0 Å². The van der Waals surface area contributed by atoms with E-state index in [1.807, 2.05) is 0 Å². The van der Waals surface area contributed by atoms with Crippen LogP contribution in [-0.2, 0) is 17.0 Å². The molecule has 0 aliphatic heterocycles. The Balaban J connectivity index is 4.19. The number of aliphatic imine (C=N–C) groups is 1. The minimum atomic E-state index is 0.167.